The normalized spacial score (nSPS) is 19.9. The van der Waals surface area contributed by atoms with Gasteiger partial charge < -0.3 is 0 Å². The largest absolute Gasteiger partial charge is 0.209 e. The number of unbranched alkanes of at least 4 members (excludes halogenated alkanes) is 1. The van der Waals surface area contributed by atoms with Crippen molar-refractivity contribution in [2.45, 2.75) is 90.4 Å². The maximum atomic E-state index is 14.2. The van der Waals surface area contributed by atoms with Gasteiger partial charge in [0.15, 0.2) is 5.83 Å². The molecule has 2 heteroatoms. The summed E-state index contributed by atoms with van der Waals surface area (Å²) in [6.07, 6.45) is 11.7. The van der Waals surface area contributed by atoms with Crippen LogP contribution >= 0.6 is 0 Å². The second-order valence-electron chi connectivity index (χ2n) is 9.27. The highest BCUT2D eigenvalue weighted by Gasteiger charge is 2.21. The first-order valence-corrected chi connectivity index (χ1v) is 12.3. The van der Waals surface area contributed by atoms with E-state index >= 15 is 0 Å². The minimum absolute atomic E-state index is 0.181. The van der Waals surface area contributed by atoms with E-state index in [1.165, 1.54) is 49.7 Å². The minimum atomic E-state index is -0.709. The lowest BCUT2D eigenvalue weighted by atomic mass is 9.77. The summed E-state index contributed by atoms with van der Waals surface area (Å²) < 4.78 is 28.1. The maximum absolute atomic E-state index is 14.2. The van der Waals surface area contributed by atoms with Gasteiger partial charge in [-0.2, -0.15) is 0 Å². The van der Waals surface area contributed by atoms with Gasteiger partial charge in [0.2, 0.25) is 0 Å². The molecule has 0 aliphatic heterocycles. The molecule has 0 radical (unpaired) electrons. The van der Waals surface area contributed by atoms with Crippen molar-refractivity contribution in [3.05, 3.63) is 76.6 Å². The predicted molar refractivity (Wildman–Crippen MR) is 129 cm³/mol. The maximum Gasteiger partial charge on any atom is 0.161 e. The van der Waals surface area contributed by atoms with Gasteiger partial charge in [-0.15, -0.1) is 0 Å². The average Bonchev–Trinajstić information content (AvgIpc) is 2.82. The van der Waals surface area contributed by atoms with E-state index in [-0.39, 0.29) is 6.42 Å². The number of hydrogen-bond donors (Lipinski definition) is 0. The van der Waals surface area contributed by atoms with Crippen molar-refractivity contribution in [3.63, 3.8) is 0 Å². The summed E-state index contributed by atoms with van der Waals surface area (Å²) in [5.41, 5.74) is 4.33. The van der Waals surface area contributed by atoms with Crippen molar-refractivity contribution >= 4 is 5.83 Å². The molecule has 0 bridgehead atoms. The molecule has 0 saturated heterocycles. The van der Waals surface area contributed by atoms with Crippen LogP contribution in [0, 0.1) is 5.92 Å². The molecule has 0 nitrogen and oxygen atoms in total. The first-order valence-electron chi connectivity index (χ1n) is 12.3. The van der Waals surface area contributed by atoms with Crippen molar-refractivity contribution in [1.82, 2.24) is 0 Å². The predicted octanol–water partition coefficient (Wildman–Crippen LogP) is 9.34. The van der Waals surface area contributed by atoms with Crippen LogP contribution in [-0.2, 0) is 12.8 Å². The Morgan fingerprint density at radius 2 is 1.35 bits per heavy atom. The Labute approximate surface area is 187 Å². The van der Waals surface area contributed by atoms with Crippen LogP contribution in [0.25, 0.3) is 5.83 Å². The third-order valence-corrected chi connectivity index (χ3v) is 6.89. The van der Waals surface area contributed by atoms with Gasteiger partial charge in [0.05, 0.1) is 0 Å². The van der Waals surface area contributed by atoms with E-state index in [1.54, 1.807) is 12.1 Å². The molecule has 3 rings (SSSR count). The Kier molecular flexibility index (Phi) is 9.31. The lowest BCUT2D eigenvalue weighted by Crippen LogP contribution is -2.13. The molecule has 0 amide bonds. The number of benzene rings is 2. The van der Waals surface area contributed by atoms with Gasteiger partial charge in [-0.3, -0.25) is 0 Å². The quantitative estimate of drug-likeness (QED) is 0.356. The van der Waals surface area contributed by atoms with Gasteiger partial charge in [-0.1, -0.05) is 81.6 Å². The van der Waals surface area contributed by atoms with E-state index in [2.05, 4.69) is 31.2 Å². The summed E-state index contributed by atoms with van der Waals surface area (Å²) in [5, 5.41) is 0. The first kappa shape index (κ1) is 23.7. The van der Waals surface area contributed by atoms with Gasteiger partial charge in [-0.05, 0) is 73.5 Å². The molecule has 0 aromatic heterocycles. The molecule has 0 heterocycles. The van der Waals surface area contributed by atoms with E-state index in [9.17, 15) is 8.78 Å². The van der Waals surface area contributed by atoms with Crippen LogP contribution in [0.1, 0.15) is 99.8 Å². The second kappa shape index (κ2) is 12.2. The topological polar surface area (TPSA) is 0 Å². The van der Waals surface area contributed by atoms with Crippen LogP contribution < -0.4 is 0 Å². The number of allylic oxidation sites excluding steroid dienone is 1. The summed E-state index contributed by atoms with van der Waals surface area (Å²) in [6.45, 7) is 4.27. The molecule has 2 aromatic rings. The van der Waals surface area contributed by atoms with Gasteiger partial charge >= 0.3 is 0 Å². The van der Waals surface area contributed by atoms with Crippen LogP contribution in [-0.4, -0.2) is 0 Å². The lowest BCUT2D eigenvalue weighted by Gasteiger charge is -2.28. The Balaban J connectivity index is 1.50. The molecular formula is C29H38F2. The van der Waals surface area contributed by atoms with Crippen LogP contribution in [0.3, 0.4) is 0 Å². The molecule has 2 aromatic carbocycles. The number of rotatable bonds is 10. The van der Waals surface area contributed by atoms with Crippen molar-refractivity contribution in [1.29, 1.82) is 0 Å². The second-order valence-corrected chi connectivity index (χ2v) is 9.27. The van der Waals surface area contributed by atoms with Crippen LogP contribution in [0.5, 0.6) is 0 Å². The summed E-state index contributed by atoms with van der Waals surface area (Å²) in [7, 11) is 0. The van der Waals surface area contributed by atoms with E-state index in [1.807, 2.05) is 19.1 Å². The third-order valence-electron chi connectivity index (χ3n) is 6.89. The minimum Gasteiger partial charge on any atom is -0.209 e. The Bertz CT molecular complexity index is 809. The number of hydrogen-bond acceptors (Lipinski definition) is 0. The zero-order chi connectivity index (χ0) is 22.1. The van der Waals surface area contributed by atoms with E-state index < -0.39 is 11.7 Å². The van der Waals surface area contributed by atoms with Crippen molar-refractivity contribution in [2.24, 2.45) is 5.92 Å². The summed E-state index contributed by atoms with van der Waals surface area (Å²) >= 11 is 0. The molecule has 0 unspecified atom stereocenters. The Morgan fingerprint density at radius 1 is 0.774 bits per heavy atom. The van der Waals surface area contributed by atoms with E-state index in [0.717, 1.165) is 36.7 Å². The summed E-state index contributed by atoms with van der Waals surface area (Å²) in [4.78, 5) is 0. The third kappa shape index (κ3) is 7.02. The van der Waals surface area contributed by atoms with E-state index in [0.29, 0.717) is 12.0 Å². The fourth-order valence-electron chi connectivity index (χ4n) is 4.85. The monoisotopic (exact) mass is 424 g/mol. The molecule has 31 heavy (non-hydrogen) atoms. The van der Waals surface area contributed by atoms with Gasteiger partial charge in [-0.25, -0.2) is 8.78 Å². The SMILES string of the molecule is CCCCC(F)=C(F)c1ccc(CCc2ccc(C3CCC(CCC)CC3)cc2)cc1. The van der Waals surface area contributed by atoms with Gasteiger partial charge in [0.1, 0.15) is 5.83 Å². The molecule has 1 aliphatic rings. The first-order chi connectivity index (χ1) is 15.1. The molecule has 0 N–H and O–H groups in total. The highest BCUT2D eigenvalue weighted by molar-refractivity contribution is 5.61. The zero-order valence-electron chi connectivity index (χ0n) is 19.3. The molecule has 0 spiro atoms. The van der Waals surface area contributed by atoms with Crippen LogP contribution in [0.4, 0.5) is 8.78 Å². The molecular weight excluding hydrogens is 386 g/mol. The number of halogens is 2. The van der Waals surface area contributed by atoms with Crippen LogP contribution in [0.2, 0.25) is 0 Å². The summed E-state index contributed by atoms with van der Waals surface area (Å²) in [6, 6.07) is 16.4. The highest BCUT2D eigenvalue weighted by atomic mass is 19.2. The average molecular weight is 425 g/mol. The molecule has 1 aliphatic carbocycles. The molecule has 0 atom stereocenters. The molecule has 1 saturated carbocycles. The van der Waals surface area contributed by atoms with Crippen molar-refractivity contribution in [2.75, 3.05) is 0 Å². The van der Waals surface area contributed by atoms with Gasteiger partial charge in [0, 0.05) is 12.0 Å². The molecule has 1 fully saturated rings. The number of aryl methyl sites for hydroxylation is 2. The van der Waals surface area contributed by atoms with Crippen LogP contribution in [0.15, 0.2) is 54.4 Å². The zero-order valence-corrected chi connectivity index (χ0v) is 19.3. The highest BCUT2D eigenvalue weighted by Crippen LogP contribution is 2.37. The van der Waals surface area contributed by atoms with Gasteiger partial charge in [0.25, 0.3) is 0 Å². The Morgan fingerprint density at radius 3 is 1.90 bits per heavy atom. The Hall–Kier alpha value is -1.96. The fourth-order valence-corrected chi connectivity index (χ4v) is 4.85. The van der Waals surface area contributed by atoms with E-state index in [4.69, 9.17) is 0 Å². The smallest absolute Gasteiger partial charge is 0.161 e. The summed E-state index contributed by atoms with van der Waals surface area (Å²) in [5.74, 6) is 0.340. The van der Waals surface area contributed by atoms with Crippen molar-refractivity contribution < 1.29 is 8.78 Å². The van der Waals surface area contributed by atoms with Crippen molar-refractivity contribution in [3.8, 4) is 0 Å². The fraction of sp³-hybridized carbons (Fsp3) is 0.517. The molecule has 168 valence electrons. The standard InChI is InChI=1S/C29H38F2/c1-3-5-7-28(30)29(31)27-20-14-24(15-21-27)9-8-23-12-18-26(19-13-23)25-16-10-22(6-4-2)11-17-25/h12-15,18-22,25H,3-11,16-17H2,1-2H3. The lowest BCUT2D eigenvalue weighted by molar-refractivity contribution is 0.308.